The Morgan fingerprint density at radius 3 is 2.56 bits per heavy atom. The summed E-state index contributed by atoms with van der Waals surface area (Å²) < 4.78 is 4.77. The molecular weight excluding hydrogens is 210 g/mol. The van der Waals surface area contributed by atoms with Gasteiger partial charge in [0, 0.05) is 0 Å². The van der Waals surface area contributed by atoms with Crippen molar-refractivity contribution >= 4 is 11.9 Å². The molecule has 84 valence electrons. The summed E-state index contributed by atoms with van der Waals surface area (Å²) in [5.74, 6) is -1.85. The van der Waals surface area contributed by atoms with E-state index in [0.29, 0.717) is 0 Å². The normalized spacial score (nSPS) is 9.25. The predicted octanol–water partition coefficient (Wildman–Crippen LogP) is 1.23. The van der Waals surface area contributed by atoms with Crippen LogP contribution in [-0.2, 0) is 4.74 Å². The summed E-state index contributed by atoms with van der Waals surface area (Å²) in [6.45, 7) is 3.33. The van der Waals surface area contributed by atoms with E-state index < -0.39 is 11.9 Å². The Morgan fingerprint density at radius 2 is 2.00 bits per heavy atom. The number of esters is 1. The van der Waals surface area contributed by atoms with Crippen molar-refractivity contribution in [3.8, 4) is 0 Å². The largest absolute Gasteiger partial charge is 0.478 e. The van der Waals surface area contributed by atoms with Gasteiger partial charge >= 0.3 is 11.9 Å². The lowest BCUT2D eigenvalue weighted by atomic mass is 10.1. The molecule has 0 aliphatic carbocycles. The van der Waals surface area contributed by atoms with E-state index in [2.05, 4.69) is 11.9 Å². The third-order valence-corrected chi connectivity index (χ3v) is 1.81. The van der Waals surface area contributed by atoms with Crippen molar-refractivity contribution in [3.63, 3.8) is 0 Å². The van der Waals surface area contributed by atoms with Crippen LogP contribution in [0.25, 0.3) is 0 Å². The zero-order chi connectivity index (χ0) is 12.0. The first-order valence-electron chi connectivity index (χ1n) is 4.50. The number of benzene rings is 1. The number of carboxylic acids is 1. The van der Waals surface area contributed by atoms with Gasteiger partial charge in [0.05, 0.1) is 11.1 Å². The van der Waals surface area contributed by atoms with E-state index >= 15 is 0 Å². The highest BCUT2D eigenvalue weighted by Crippen LogP contribution is 2.09. The summed E-state index contributed by atoms with van der Waals surface area (Å²) in [5, 5.41) is 11.4. The predicted molar refractivity (Wildman–Crippen MR) is 57.0 cm³/mol. The van der Waals surface area contributed by atoms with Gasteiger partial charge < -0.3 is 15.2 Å². The minimum Gasteiger partial charge on any atom is -0.478 e. The number of nitrogens with one attached hydrogen (secondary N) is 1. The lowest BCUT2D eigenvalue weighted by Crippen LogP contribution is -2.17. The highest BCUT2D eigenvalue weighted by atomic mass is 16.5. The van der Waals surface area contributed by atoms with E-state index in [9.17, 15) is 9.59 Å². The second-order valence-corrected chi connectivity index (χ2v) is 2.84. The molecule has 0 aliphatic heterocycles. The molecule has 0 aromatic heterocycles. The van der Waals surface area contributed by atoms with Gasteiger partial charge in [-0.25, -0.2) is 9.59 Å². The molecule has 2 N–H and O–H groups in total. The Balaban J connectivity index is 2.82. The number of ether oxygens (including phenoxy) is 1. The fourth-order valence-corrected chi connectivity index (χ4v) is 1.09. The molecule has 1 rings (SSSR count). The number of carboxylic acid groups (broad SMARTS) is 1. The van der Waals surface area contributed by atoms with E-state index in [1.807, 2.05) is 0 Å². The molecule has 5 nitrogen and oxygen atoms in total. The number of hydrogen-bond donors (Lipinski definition) is 2. The van der Waals surface area contributed by atoms with Crippen molar-refractivity contribution in [3.05, 3.63) is 48.2 Å². The van der Waals surface area contributed by atoms with Gasteiger partial charge in [0.15, 0.2) is 6.73 Å². The van der Waals surface area contributed by atoms with Gasteiger partial charge in [-0.05, 0) is 18.3 Å². The molecule has 0 unspecified atom stereocenters. The van der Waals surface area contributed by atoms with Crippen molar-refractivity contribution in [1.29, 1.82) is 0 Å². The highest BCUT2D eigenvalue weighted by Gasteiger charge is 2.16. The number of carbonyl (C=O) groups is 2. The maximum absolute atomic E-state index is 11.5. The number of rotatable bonds is 5. The van der Waals surface area contributed by atoms with Gasteiger partial charge in [-0.1, -0.05) is 18.7 Å². The third kappa shape index (κ3) is 2.84. The van der Waals surface area contributed by atoms with Gasteiger partial charge in [0.1, 0.15) is 0 Å². The minimum atomic E-state index is -1.16. The lowest BCUT2D eigenvalue weighted by molar-refractivity contribution is 0.0478. The smallest absolute Gasteiger partial charge is 0.340 e. The Labute approximate surface area is 92.3 Å². The minimum absolute atomic E-state index is 0.0286. The SMILES string of the molecule is C=CNCOC(=O)c1ccccc1C(=O)O. The van der Waals surface area contributed by atoms with Crippen LogP contribution in [0.2, 0.25) is 0 Å². The van der Waals surface area contributed by atoms with E-state index in [1.165, 1.54) is 18.3 Å². The maximum Gasteiger partial charge on any atom is 0.340 e. The van der Waals surface area contributed by atoms with Crippen LogP contribution in [0.1, 0.15) is 20.7 Å². The average Bonchev–Trinajstić information content (AvgIpc) is 2.29. The molecule has 1 aromatic rings. The van der Waals surface area contributed by atoms with Crippen molar-refractivity contribution in [2.45, 2.75) is 0 Å². The second-order valence-electron chi connectivity index (χ2n) is 2.84. The summed E-state index contributed by atoms with van der Waals surface area (Å²) in [7, 11) is 0. The maximum atomic E-state index is 11.5. The number of aromatic carboxylic acids is 1. The topological polar surface area (TPSA) is 75.6 Å². The fraction of sp³-hybridized carbons (Fsp3) is 0.0909. The van der Waals surface area contributed by atoms with Crippen molar-refractivity contribution in [1.82, 2.24) is 5.32 Å². The monoisotopic (exact) mass is 221 g/mol. The molecule has 0 saturated heterocycles. The van der Waals surface area contributed by atoms with Crippen LogP contribution in [0.5, 0.6) is 0 Å². The molecule has 0 radical (unpaired) electrons. The van der Waals surface area contributed by atoms with Crippen LogP contribution < -0.4 is 5.32 Å². The third-order valence-electron chi connectivity index (χ3n) is 1.81. The molecule has 5 heteroatoms. The van der Waals surface area contributed by atoms with Crippen LogP contribution in [-0.4, -0.2) is 23.8 Å². The molecule has 1 aromatic carbocycles. The van der Waals surface area contributed by atoms with Crippen LogP contribution in [0.3, 0.4) is 0 Å². The highest BCUT2D eigenvalue weighted by molar-refractivity contribution is 6.02. The summed E-state index contributed by atoms with van der Waals surface area (Å²) in [4.78, 5) is 22.3. The molecule has 0 fully saturated rings. The standard InChI is InChI=1S/C11H11NO4/c1-2-12-7-16-11(15)9-6-4-3-5-8(9)10(13)14/h2-6,12H,1,7H2,(H,13,14). The molecule has 0 amide bonds. The van der Waals surface area contributed by atoms with E-state index in [-0.39, 0.29) is 17.9 Å². The summed E-state index contributed by atoms with van der Waals surface area (Å²) in [6, 6.07) is 5.87. The van der Waals surface area contributed by atoms with Gasteiger partial charge in [0.25, 0.3) is 0 Å². The Hall–Kier alpha value is -2.30. The first-order chi connectivity index (χ1) is 7.66. The van der Waals surface area contributed by atoms with Crippen LogP contribution in [0, 0.1) is 0 Å². The molecule has 0 atom stereocenters. The van der Waals surface area contributed by atoms with Gasteiger partial charge in [-0.3, -0.25) is 0 Å². The molecule has 0 saturated carbocycles. The van der Waals surface area contributed by atoms with Gasteiger partial charge in [-0.2, -0.15) is 0 Å². The second kappa shape index (κ2) is 5.55. The average molecular weight is 221 g/mol. The van der Waals surface area contributed by atoms with E-state index in [4.69, 9.17) is 9.84 Å². The Bertz CT molecular complexity index is 414. The fourth-order valence-electron chi connectivity index (χ4n) is 1.09. The van der Waals surface area contributed by atoms with Crippen LogP contribution in [0.4, 0.5) is 0 Å². The molecule has 16 heavy (non-hydrogen) atoms. The van der Waals surface area contributed by atoms with Crippen molar-refractivity contribution in [2.75, 3.05) is 6.73 Å². The Morgan fingerprint density at radius 1 is 1.38 bits per heavy atom. The number of carbonyl (C=O) groups excluding carboxylic acids is 1. The van der Waals surface area contributed by atoms with Gasteiger partial charge in [-0.15, -0.1) is 0 Å². The summed E-state index contributed by atoms with van der Waals surface area (Å²) in [6.07, 6.45) is 1.37. The zero-order valence-electron chi connectivity index (χ0n) is 8.47. The molecule has 0 heterocycles. The summed E-state index contributed by atoms with van der Waals surface area (Å²) in [5.41, 5.74) is -0.0491. The molecular formula is C11H11NO4. The van der Waals surface area contributed by atoms with Crippen molar-refractivity contribution in [2.24, 2.45) is 0 Å². The quantitative estimate of drug-likeness (QED) is 0.444. The molecule has 0 spiro atoms. The molecule has 0 bridgehead atoms. The molecule has 0 aliphatic rings. The van der Waals surface area contributed by atoms with E-state index in [0.717, 1.165) is 0 Å². The summed E-state index contributed by atoms with van der Waals surface area (Å²) >= 11 is 0. The zero-order valence-corrected chi connectivity index (χ0v) is 8.47. The number of hydrogen-bond acceptors (Lipinski definition) is 4. The van der Waals surface area contributed by atoms with Crippen LogP contribution >= 0.6 is 0 Å². The Kier molecular flexibility index (Phi) is 4.08. The van der Waals surface area contributed by atoms with Gasteiger partial charge in [0.2, 0.25) is 0 Å². The van der Waals surface area contributed by atoms with Crippen LogP contribution in [0.15, 0.2) is 37.0 Å². The lowest BCUT2D eigenvalue weighted by Gasteiger charge is -2.06. The van der Waals surface area contributed by atoms with E-state index in [1.54, 1.807) is 12.1 Å². The van der Waals surface area contributed by atoms with Crippen molar-refractivity contribution < 1.29 is 19.4 Å². The first-order valence-corrected chi connectivity index (χ1v) is 4.50. The first kappa shape index (κ1) is 11.8.